The highest BCUT2D eigenvalue weighted by Gasteiger charge is 2.34. The fraction of sp³-hybridized carbons (Fsp3) is 0.375. The largest absolute Gasteiger partial charge is 0.343 e. The lowest BCUT2D eigenvalue weighted by molar-refractivity contribution is -0.138. The van der Waals surface area contributed by atoms with Crippen LogP contribution in [0.2, 0.25) is 5.02 Å². The van der Waals surface area contributed by atoms with Gasteiger partial charge in [-0.25, -0.2) is 9.97 Å². The second kappa shape index (κ2) is 21.5. The van der Waals surface area contributed by atoms with Crippen molar-refractivity contribution in [2.45, 2.75) is 56.6 Å². The van der Waals surface area contributed by atoms with E-state index in [1.54, 1.807) is 25.3 Å². The average molecular weight is 870 g/mol. The Kier molecular flexibility index (Phi) is 15.0. The highest BCUT2D eigenvalue weighted by molar-refractivity contribution is 6.30. The van der Waals surface area contributed by atoms with E-state index in [0.717, 1.165) is 43.9 Å². The topological polar surface area (TPSA) is 133 Å². The van der Waals surface area contributed by atoms with Crippen LogP contribution in [-0.2, 0) is 42.1 Å². The fourth-order valence-electron chi connectivity index (χ4n) is 8.80. The van der Waals surface area contributed by atoms with Crippen LogP contribution in [0.1, 0.15) is 39.9 Å². The van der Waals surface area contributed by atoms with Gasteiger partial charge in [0.2, 0.25) is 11.8 Å². The minimum atomic E-state index is -0.681. The zero-order valence-corrected chi connectivity index (χ0v) is 36.6. The van der Waals surface area contributed by atoms with Gasteiger partial charge in [-0.3, -0.25) is 28.8 Å². The van der Waals surface area contributed by atoms with E-state index in [1.807, 2.05) is 68.9 Å². The lowest BCUT2D eigenvalue weighted by Crippen LogP contribution is -2.58. The summed E-state index contributed by atoms with van der Waals surface area (Å²) in [5.41, 5.74) is 5.87. The summed E-state index contributed by atoms with van der Waals surface area (Å²) in [4.78, 5) is 44.9. The molecule has 0 bridgehead atoms. The molecule has 2 saturated heterocycles. The minimum Gasteiger partial charge on any atom is -0.343 e. The monoisotopic (exact) mass is 868 g/mol. The number of likely N-dealkylation sites (N-methyl/N-ethyl adjacent to an activating group) is 1. The third kappa shape index (κ3) is 11.8. The van der Waals surface area contributed by atoms with Gasteiger partial charge in [-0.1, -0.05) is 109 Å². The molecule has 3 aliphatic rings. The van der Waals surface area contributed by atoms with Crippen molar-refractivity contribution in [1.29, 1.82) is 0 Å². The molecule has 4 atom stereocenters. The molecule has 9 rings (SSSR count). The molecule has 3 aliphatic heterocycles. The number of nitrogens with zero attached hydrogens (tertiary/aromatic N) is 10. The van der Waals surface area contributed by atoms with Crippen LogP contribution in [0, 0.1) is 0 Å². The van der Waals surface area contributed by atoms with Gasteiger partial charge in [-0.15, -0.1) is 0 Å². The van der Waals surface area contributed by atoms with Crippen LogP contribution in [0.15, 0.2) is 135 Å². The van der Waals surface area contributed by atoms with Gasteiger partial charge in [0.15, 0.2) is 0 Å². The maximum absolute atomic E-state index is 14.0. The second-order valence-corrected chi connectivity index (χ2v) is 17.0. The number of hydrogen-bond acceptors (Lipinski definition) is 10. The van der Waals surface area contributed by atoms with Crippen molar-refractivity contribution in [3.63, 3.8) is 0 Å². The molecule has 2 amide bonds. The van der Waals surface area contributed by atoms with E-state index < -0.39 is 12.1 Å². The summed E-state index contributed by atoms with van der Waals surface area (Å²) < 4.78 is 3.78. The molecule has 2 unspecified atom stereocenters. The van der Waals surface area contributed by atoms with E-state index in [0.29, 0.717) is 63.2 Å². The maximum Gasteiger partial charge on any atom is 0.245 e. The predicted molar refractivity (Wildman–Crippen MR) is 243 cm³/mol. The zero-order chi connectivity index (χ0) is 43.4. The Bertz CT molecular complexity index is 2300. The first kappa shape index (κ1) is 43.9. The summed E-state index contributed by atoms with van der Waals surface area (Å²) in [7, 11) is 2.19. The normalized spacial score (nSPS) is 18.6. The molecule has 6 aromatic rings. The number of rotatable bonds is 13. The van der Waals surface area contributed by atoms with Gasteiger partial charge in [0.05, 0.1) is 31.2 Å². The average Bonchev–Trinajstić information content (AvgIpc) is 4.07. The number of nitrogens with one attached hydrogen (secondary N) is 2. The van der Waals surface area contributed by atoms with Gasteiger partial charge >= 0.3 is 0 Å². The molecule has 4 aromatic carbocycles. The van der Waals surface area contributed by atoms with Crippen LogP contribution in [0.3, 0.4) is 0 Å². The molecule has 15 heteroatoms. The molecule has 0 radical (unpaired) electrons. The number of carbonyl (C=O) groups excluding carboxylic acids is 2. The molecule has 5 heterocycles. The van der Waals surface area contributed by atoms with E-state index in [2.05, 4.69) is 107 Å². The first-order valence-corrected chi connectivity index (χ1v) is 22.3. The minimum absolute atomic E-state index is 0.0632. The second-order valence-electron chi connectivity index (χ2n) is 16.6. The number of piperazine rings is 2. The first-order valence-electron chi connectivity index (χ1n) is 21.9. The van der Waals surface area contributed by atoms with Crippen LogP contribution < -0.4 is 10.6 Å². The highest BCUT2D eigenvalue weighted by atomic mass is 35.5. The summed E-state index contributed by atoms with van der Waals surface area (Å²) in [5, 5.41) is 15.7. The molecular weight excluding hydrogens is 812 g/mol. The summed E-state index contributed by atoms with van der Waals surface area (Å²) >= 11 is 6.12. The Morgan fingerprint density at radius 1 is 0.683 bits per heavy atom. The Morgan fingerprint density at radius 3 is 1.75 bits per heavy atom. The first-order chi connectivity index (χ1) is 30.9. The van der Waals surface area contributed by atoms with Crippen molar-refractivity contribution < 1.29 is 9.59 Å². The van der Waals surface area contributed by atoms with Gasteiger partial charge in [-0.05, 0) is 53.4 Å². The molecule has 2 aromatic heterocycles. The molecule has 0 saturated carbocycles. The number of amides is 2. The summed E-state index contributed by atoms with van der Waals surface area (Å²) in [6, 6.07) is 36.1. The lowest BCUT2D eigenvalue weighted by atomic mass is 9.95. The van der Waals surface area contributed by atoms with E-state index in [-0.39, 0.29) is 17.9 Å². The van der Waals surface area contributed by atoms with Gasteiger partial charge in [-0.2, -0.15) is 10.2 Å². The lowest BCUT2D eigenvalue weighted by Gasteiger charge is -2.40. The van der Waals surface area contributed by atoms with Gasteiger partial charge in [0, 0.05) is 70.3 Å². The predicted octanol–water partition coefficient (Wildman–Crippen LogP) is 4.53. The molecule has 2 fully saturated rings. The number of aromatic nitrogens is 6. The Balaban J connectivity index is 0.000000226. The summed E-state index contributed by atoms with van der Waals surface area (Å²) in [6.07, 6.45) is 7.67. The SMILES string of the molecule is CN1CCN(C(Cn2cncn2)c2ccccc2)CC1.O=C(N[C@H](Cc1ccc(Cl)cc1)C(=O)N1CCN(C(Cn2cncn2)c2ccccc2)CC1)[C@H]1Cc2ccccc2CN1. The third-order valence-corrected chi connectivity index (χ3v) is 12.7. The summed E-state index contributed by atoms with van der Waals surface area (Å²) in [5.74, 6) is -0.218. The molecule has 2 N–H and O–H groups in total. The van der Waals surface area contributed by atoms with Gasteiger partial charge < -0.3 is 20.4 Å². The molecule has 0 spiro atoms. The molecule has 63 heavy (non-hydrogen) atoms. The number of fused-ring (bicyclic) bond motifs is 1. The Hall–Kier alpha value is -5.77. The summed E-state index contributed by atoms with van der Waals surface area (Å²) in [6.45, 7) is 9.17. The number of benzene rings is 4. The molecule has 14 nitrogen and oxygen atoms in total. The van der Waals surface area contributed by atoms with Crippen molar-refractivity contribution >= 4 is 23.4 Å². The molecular formula is C48H57ClN12O2. The number of halogens is 1. The Morgan fingerprint density at radius 2 is 1.21 bits per heavy atom. The van der Waals surface area contributed by atoms with Gasteiger partial charge in [0.1, 0.15) is 31.4 Å². The van der Waals surface area contributed by atoms with Crippen molar-refractivity contribution in [2.24, 2.45) is 0 Å². The van der Waals surface area contributed by atoms with Crippen LogP contribution >= 0.6 is 11.6 Å². The van der Waals surface area contributed by atoms with Crippen molar-refractivity contribution in [1.82, 2.24) is 59.8 Å². The van der Waals surface area contributed by atoms with Crippen LogP contribution in [-0.4, -0.2) is 132 Å². The van der Waals surface area contributed by atoms with Crippen molar-refractivity contribution in [3.05, 3.63) is 167 Å². The van der Waals surface area contributed by atoms with E-state index >= 15 is 0 Å². The van der Waals surface area contributed by atoms with Crippen LogP contribution in [0.25, 0.3) is 0 Å². The Labute approximate surface area is 374 Å². The zero-order valence-electron chi connectivity index (χ0n) is 35.9. The number of hydrogen-bond donors (Lipinski definition) is 2. The van der Waals surface area contributed by atoms with E-state index in [4.69, 9.17) is 11.6 Å². The fourth-order valence-corrected chi connectivity index (χ4v) is 8.92. The van der Waals surface area contributed by atoms with E-state index in [9.17, 15) is 9.59 Å². The van der Waals surface area contributed by atoms with Crippen molar-refractivity contribution in [3.8, 4) is 0 Å². The third-order valence-electron chi connectivity index (χ3n) is 12.4. The molecule has 328 valence electrons. The van der Waals surface area contributed by atoms with Crippen LogP contribution in [0.4, 0.5) is 0 Å². The smallest absolute Gasteiger partial charge is 0.245 e. The van der Waals surface area contributed by atoms with Gasteiger partial charge in [0.25, 0.3) is 0 Å². The highest BCUT2D eigenvalue weighted by Crippen LogP contribution is 2.26. The number of carbonyl (C=O) groups is 2. The molecule has 0 aliphatic carbocycles. The van der Waals surface area contributed by atoms with Crippen LogP contribution in [0.5, 0.6) is 0 Å². The standard InChI is InChI=1S/C33H36ClN7O2.C15H21N5/c34-28-12-10-24(11-13-28)18-30(38-32(42)29-19-26-8-4-5-9-27(26)20-36-29)33(43)40-16-14-39(15-17-40)31(21-41-23-35-22-37-41)25-6-2-1-3-7-25;1-18-7-9-19(10-8-18)15(11-20-13-16-12-17-20)14-5-3-2-4-6-14/h1-13,22-23,29-31,36H,14-21H2,(H,38,42);2-6,12-13,15H,7-11H2,1H3/t29-,30-,31?;/m1./s1. The van der Waals surface area contributed by atoms with E-state index in [1.165, 1.54) is 16.7 Å². The van der Waals surface area contributed by atoms with Crippen molar-refractivity contribution in [2.75, 3.05) is 59.4 Å². The quantitative estimate of drug-likeness (QED) is 0.171. The maximum atomic E-state index is 14.0.